The lowest BCUT2D eigenvalue weighted by atomic mass is 10.2. The Morgan fingerprint density at radius 3 is 2.30 bits per heavy atom. The van der Waals surface area contributed by atoms with Crippen molar-refractivity contribution in [3.05, 3.63) is 29.8 Å². The van der Waals surface area contributed by atoms with Crippen molar-refractivity contribution in [2.45, 2.75) is 13.3 Å². The Morgan fingerprint density at radius 2 is 1.90 bits per heavy atom. The van der Waals surface area contributed by atoms with Gasteiger partial charge in [0.1, 0.15) is 0 Å². The van der Waals surface area contributed by atoms with Gasteiger partial charge in [-0.2, -0.15) is 0 Å². The molecule has 2 heteroatoms. The van der Waals surface area contributed by atoms with Crippen LogP contribution in [0.15, 0.2) is 24.3 Å². The third kappa shape index (κ3) is 1.95. The van der Waals surface area contributed by atoms with E-state index in [0.29, 0.717) is 0 Å². The molecule has 1 aromatic carbocycles. The van der Waals surface area contributed by atoms with Gasteiger partial charge in [-0.15, -0.1) is 0 Å². The maximum Gasteiger partial charge on any atom is 0.0715 e. The normalized spacial score (nSPS) is 8.60. The van der Waals surface area contributed by atoms with Gasteiger partial charge in [-0.1, -0.05) is 36.4 Å². The number of rotatable bonds is 1. The smallest absolute Gasteiger partial charge is 0.0715 e. The van der Waals surface area contributed by atoms with E-state index in [1.807, 2.05) is 6.07 Å². The number of hydrogen-bond donors (Lipinski definition) is 0. The molecule has 1 aromatic rings. The van der Waals surface area contributed by atoms with Gasteiger partial charge in [0.15, 0.2) is 0 Å². The van der Waals surface area contributed by atoms with Crippen LogP contribution >= 0.6 is 0 Å². The topological polar surface area (TPSA) is 0 Å². The van der Waals surface area contributed by atoms with Crippen molar-refractivity contribution in [3.63, 3.8) is 0 Å². The maximum absolute atomic E-state index is 3.50. The molecule has 0 unspecified atom stereocenters. The average molecular weight is 153 g/mol. The summed E-state index contributed by atoms with van der Waals surface area (Å²) >= 11 is 0. The van der Waals surface area contributed by atoms with E-state index in [1.54, 1.807) is 0 Å². The summed E-state index contributed by atoms with van der Waals surface area (Å²) in [4.78, 5) is 0. The number of halogens is 1. The van der Waals surface area contributed by atoms with Crippen molar-refractivity contribution >= 4 is 15.4 Å². The van der Waals surface area contributed by atoms with E-state index in [4.69, 9.17) is 0 Å². The van der Waals surface area contributed by atoms with E-state index in [9.17, 15) is 0 Å². The Kier molecular flexibility index (Phi) is 3.96. The van der Waals surface area contributed by atoms with E-state index >= 15 is 0 Å². The monoisotopic (exact) mass is 153 g/mol. The third-order valence-electron chi connectivity index (χ3n) is 1.40. The van der Waals surface area contributed by atoms with Gasteiger partial charge in [0.2, 0.25) is 0 Å². The van der Waals surface area contributed by atoms with Crippen LogP contribution in [-0.4, -0.2) is 10.2 Å². The van der Waals surface area contributed by atoms with Gasteiger partial charge in [-0.25, -0.2) is 0 Å². The molecule has 53 valence electrons. The zero-order chi connectivity index (χ0) is 6.69. The standard InChI is InChI=1S/C8H9Si.FH/c1-2-7-5-3-4-6-8(7)9;/h3-6H,2H2,1H3;1H. The maximum atomic E-state index is 3.50. The summed E-state index contributed by atoms with van der Waals surface area (Å²) in [7, 11) is 3.50. The first-order valence-electron chi connectivity index (χ1n) is 3.14. The van der Waals surface area contributed by atoms with Crippen LogP contribution in [0.4, 0.5) is 4.70 Å². The second-order valence-corrected chi connectivity index (χ2v) is 2.55. The molecule has 0 aliphatic heterocycles. The van der Waals surface area contributed by atoms with E-state index in [1.165, 1.54) is 10.8 Å². The van der Waals surface area contributed by atoms with Gasteiger partial charge in [0.05, 0.1) is 10.2 Å². The summed E-state index contributed by atoms with van der Waals surface area (Å²) in [5.74, 6) is 0. The first-order chi connectivity index (χ1) is 4.34. The number of hydrogen-bond acceptors (Lipinski definition) is 0. The average Bonchev–Trinajstić information content (AvgIpc) is 1.89. The molecule has 0 aliphatic carbocycles. The summed E-state index contributed by atoms with van der Waals surface area (Å²) in [6.45, 7) is 2.15. The molecule has 0 fully saturated rings. The minimum atomic E-state index is 0. The van der Waals surface area contributed by atoms with Crippen LogP contribution in [-0.2, 0) is 6.42 Å². The zero-order valence-electron chi connectivity index (χ0n) is 5.92. The molecule has 10 heavy (non-hydrogen) atoms. The quantitative estimate of drug-likeness (QED) is 0.532. The van der Waals surface area contributed by atoms with E-state index < -0.39 is 0 Å². The highest BCUT2D eigenvalue weighted by atomic mass is 28.1. The molecule has 1 rings (SSSR count). The van der Waals surface area contributed by atoms with Crippen LogP contribution in [0.25, 0.3) is 0 Å². The van der Waals surface area contributed by atoms with Crippen LogP contribution in [0.3, 0.4) is 0 Å². The SMILES string of the molecule is CCc1ccccc1[Si].F. The van der Waals surface area contributed by atoms with E-state index in [0.717, 1.165) is 6.42 Å². The number of aryl methyl sites for hydroxylation is 1. The molecule has 0 saturated carbocycles. The molecule has 0 aromatic heterocycles. The number of benzene rings is 1. The van der Waals surface area contributed by atoms with Crippen LogP contribution in [0.5, 0.6) is 0 Å². The van der Waals surface area contributed by atoms with Gasteiger partial charge < -0.3 is 0 Å². The zero-order valence-corrected chi connectivity index (χ0v) is 6.92. The highest BCUT2D eigenvalue weighted by molar-refractivity contribution is 6.33. The van der Waals surface area contributed by atoms with Gasteiger partial charge in [0, 0.05) is 0 Å². The fraction of sp³-hybridized carbons (Fsp3) is 0.250. The first kappa shape index (κ1) is 9.37. The van der Waals surface area contributed by atoms with Crippen molar-refractivity contribution in [3.8, 4) is 0 Å². The summed E-state index contributed by atoms with van der Waals surface area (Å²) in [5.41, 5.74) is 1.37. The molecular formula is C8H10FSi. The first-order valence-corrected chi connectivity index (χ1v) is 3.64. The molecule has 0 spiro atoms. The van der Waals surface area contributed by atoms with Gasteiger partial charge in [0.25, 0.3) is 0 Å². The van der Waals surface area contributed by atoms with E-state index in [-0.39, 0.29) is 4.70 Å². The largest absolute Gasteiger partial charge is 0.269 e. The van der Waals surface area contributed by atoms with Crippen LogP contribution in [0, 0.1) is 0 Å². The van der Waals surface area contributed by atoms with Crippen molar-refractivity contribution in [1.29, 1.82) is 0 Å². The lowest BCUT2D eigenvalue weighted by Crippen LogP contribution is -2.07. The molecule has 0 N–H and O–H groups in total. The second kappa shape index (κ2) is 4.23. The Labute approximate surface area is 64.1 Å². The van der Waals surface area contributed by atoms with Gasteiger partial charge in [-0.05, 0) is 12.0 Å². The summed E-state index contributed by atoms with van der Waals surface area (Å²) in [6, 6.07) is 8.28. The van der Waals surface area contributed by atoms with Crippen LogP contribution < -0.4 is 5.19 Å². The Morgan fingerprint density at radius 1 is 1.30 bits per heavy atom. The minimum absolute atomic E-state index is 0. The second-order valence-electron chi connectivity index (χ2n) is 2.01. The lowest BCUT2D eigenvalue weighted by Gasteiger charge is -1.98. The van der Waals surface area contributed by atoms with Crippen molar-refractivity contribution < 1.29 is 4.70 Å². The predicted octanol–water partition coefficient (Wildman–Crippen LogP) is 1.20. The molecule has 0 bridgehead atoms. The van der Waals surface area contributed by atoms with Crippen LogP contribution in [0.1, 0.15) is 12.5 Å². The molecule has 0 heterocycles. The molecular weight excluding hydrogens is 143 g/mol. The van der Waals surface area contributed by atoms with Crippen LogP contribution in [0.2, 0.25) is 0 Å². The van der Waals surface area contributed by atoms with Crippen molar-refractivity contribution in [2.24, 2.45) is 0 Å². The molecule has 0 amide bonds. The molecule has 0 aliphatic rings. The van der Waals surface area contributed by atoms with Crippen molar-refractivity contribution in [1.82, 2.24) is 0 Å². The highest BCUT2D eigenvalue weighted by Gasteiger charge is 1.89. The molecule has 3 radical (unpaired) electrons. The predicted molar refractivity (Wildman–Crippen MR) is 43.7 cm³/mol. The Bertz CT molecular complexity index is 198. The van der Waals surface area contributed by atoms with Crippen molar-refractivity contribution in [2.75, 3.05) is 0 Å². The molecule has 0 atom stereocenters. The molecule has 0 nitrogen and oxygen atoms in total. The third-order valence-corrected chi connectivity index (χ3v) is 1.89. The Balaban J connectivity index is 0.000000810. The summed E-state index contributed by atoms with van der Waals surface area (Å²) in [6.07, 6.45) is 1.10. The fourth-order valence-corrected chi connectivity index (χ4v) is 1.18. The highest BCUT2D eigenvalue weighted by Crippen LogP contribution is 1.93. The lowest BCUT2D eigenvalue weighted by molar-refractivity contribution is 1.11. The van der Waals surface area contributed by atoms with Gasteiger partial charge in [-0.3, -0.25) is 4.70 Å². The summed E-state index contributed by atoms with van der Waals surface area (Å²) in [5, 5.41) is 1.21. The minimum Gasteiger partial charge on any atom is -0.269 e. The summed E-state index contributed by atoms with van der Waals surface area (Å²) < 4.78 is 0. The fourth-order valence-electron chi connectivity index (χ4n) is 0.829. The van der Waals surface area contributed by atoms with Gasteiger partial charge >= 0.3 is 0 Å². The Hall–Kier alpha value is -0.633. The molecule has 0 saturated heterocycles. The van der Waals surface area contributed by atoms with E-state index in [2.05, 4.69) is 35.4 Å².